The Bertz CT molecular complexity index is 303. The lowest BCUT2D eigenvalue weighted by atomic mass is 9.71. The molecule has 2 bridgehead atoms. The fourth-order valence-electron chi connectivity index (χ4n) is 5.63. The van der Waals surface area contributed by atoms with E-state index in [1.54, 1.807) is 0 Å². The topological polar surface area (TPSA) is 15.3 Å². The SMILES string of the molecule is CCC1CCCC(C(NC)C2CC3CCC(C2)N3C)C1. The van der Waals surface area contributed by atoms with Crippen LogP contribution >= 0.6 is 0 Å². The summed E-state index contributed by atoms with van der Waals surface area (Å²) in [7, 11) is 4.58. The molecule has 3 fully saturated rings. The molecule has 1 aliphatic carbocycles. The van der Waals surface area contributed by atoms with E-state index in [0.717, 1.165) is 35.9 Å². The van der Waals surface area contributed by atoms with Gasteiger partial charge < -0.3 is 10.2 Å². The number of hydrogen-bond donors (Lipinski definition) is 1. The van der Waals surface area contributed by atoms with Gasteiger partial charge >= 0.3 is 0 Å². The van der Waals surface area contributed by atoms with E-state index < -0.39 is 0 Å². The van der Waals surface area contributed by atoms with Gasteiger partial charge in [-0.3, -0.25) is 0 Å². The van der Waals surface area contributed by atoms with E-state index in [4.69, 9.17) is 0 Å². The molecule has 1 N–H and O–H groups in total. The highest BCUT2D eigenvalue weighted by Crippen LogP contribution is 2.43. The summed E-state index contributed by atoms with van der Waals surface area (Å²) in [4.78, 5) is 2.68. The molecule has 0 spiro atoms. The second-order valence-electron chi connectivity index (χ2n) is 7.80. The van der Waals surface area contributed by atoms with Gasteiger partial charge in [0.1, 0.15) is 0 Å². The lowest BCUT2D eigenvalue weighted by Gasteiger charge is -2.44. The Hall–Kier alpha value is -0.0800. The zero-order valence-electron chi connectivity index (χ0n) is 13.8. The van der Waals surface area contributed by atoms with Crippen molar-refractivity contribution >= 4 is 0 Å². The van der Waals surface area contributed by atoms with Crippen LogP contribution in [-0.4, -0.2) is 37.1 Å². The second-order valence-corrected chi connectivity index (χ2v) is 7.80. The van der Waals surface area contributed by atoms with Gasteiger partial charge in [0.2, 0.25) is 0 Å². The highest BCUT2D eigenvalue weighted by Gasteiger charge is 2.42. The lowest BCUT2D eigenvalue weighted by molar-refractivity contribution is 0.0819. The van der Waals surface area contributed by atoms with Gasteiger partial charge in [0.15, 0.2) is 0 Å². The van der Waals surface area contributed by atoms with Crippen LogP contribution in [-0.2, 0) is 0 Å². The Kier molecular flexibility index (Phi) is 4.72. The minimum atomic E-state index is 0.793. The van der Waals surface area contributed by atoms with E-state index in [0.29, 0.717) is 0 Å². The maximum atomic E-state index is 3.75. The number of piperidine rings is 1. The standard InChI is InChI=1S/C18H34N2/c1-4-13-6-5-7-14(10-13)18(19-2)15-11-16-8-9-17(12-15)20(16)3/h13-19H,4-12H2,1-3H3. The first-order valence-corrected chi connectivity index (χ1v) is 9.12. The molecule has 0 aromatic heterocycles. The zero-order chi connectivity index (χ0) is 14.1. The highest BCUT2D eigenvalue weighted by atomic mass is 15.2. The van der Waals surface area contributed by atoms with Crippen LogP contribution < -0.4 is 5.32 Å². The number of rotatable bonds is 4. The first-order chi connectivity index (χ1) is 9.72. The smallest absolute Gasteiger partial charge is 0.0122 e. The summed E-state index contributed by atoms with van der Waals surface area (Å²) in [5.41, 5.74) is 0. The van der Waals surface area contributed by atoms with E-state index >= 15 is 0 Å². The van der Waals surface area contributed by atoms with Crippen LogP contribution in [0.15, 0.2) is 0 Å². The Labute approximate surface area is 125 Å². The summed E-state index contributed by atoms with van der Waals surface area (Å²) in [6, 6.07) is 2.57. The summed E-state index contributed by atoms with van der Waals surface area (Å²) in [5, 5.41) is 3.75. The van der Waals surface area contributed by atoms with Crippen LogP contribution in [0.5, 0.6) is 0 Å². The first kappa shape index (κ1) is 14.8. The molecular formula is C18H34N2. The maximum absolute atomic E-state index is 3.75. The number of hydrogen-bond acceptors (Lipinski definition) is 2. The van der Waals surface area contributed by atoms with Gasteiger partial charge in [-0.15, -0.1) is 0 Å². The predicted octanol–water partition coefficient (Wildman–Crippen LogP) is 3.66. The molecule has 0 radical (unpaired) electrons. The van der Waals surface area contributed by atoms with Crippen molar-refractivity contribution in [3.63, 3.8) is 0 Å². The van der Waals surface area contributed by atoms with Gasteiger partial charge in [-0.25, -0.2) is 0 Å². The van der Waals surface area contributed by atoms with Gasteiger partial charge in [0.25, 0.3) is 0 Å². The van der Waals surface area contributed by atoms with Crippen molar-refractivity contribution in [1.82, 2.24) is 10.2 Å². The van der Waals surface area contributed by atoms with Crippen molar-refractivity contribution in [2.45, 2.75) is 82.8 Å². The molecular weight excluding hydrogens is 244 g/mol. The average Bonchev–Trinajstić information content (AvgIpc) is 2.70. The molecule has 0 aromatic rings. The molecule has 2 aliphatic heterocycles. The van der Waals surface area contributed by atoms with Crippen molar-refractivity contribution in [3.8, 4) is 0 Å². The minimum absolute atomic E-state index is 0.793. The van der Waals surface area contributed by atoms with Crippen LogP contribution in [0.2, 0.25) is 0 Å². The molecule has 3 rings (SSSR count). The van der Waals surface area contributed by atoms with Crippen molar-refractivity contribution in [3.05, 3.63) is 0 Å². The summed E-state index contributed by atoms with van der Waals surface area (Å²) in [5.74, 6) is 2.90. The van der Waals surface area contributed by atoms with E-state index in [1.807, 2.05) is 0 Å². The second kappa shape index (κ2) is 6.36. The van der Waals surface area contributed by atoms with Crippen LogP contribution in [0.4, 0.5) is 0 Å². The molecule has 5 unspecified atom stereocenters. The fourth-order valence-corrected chi connectivity index (χ4v) is 5.63. The number of fused-ring (bicyclic) bond motifs is 2. The summed E-state index contributed by atoms with van der Waals surface area (Å²) in [6.45, 7) is 2.39. The first-order valence-electron chi connectivity index (χ1n) is 9.12. The molecule has 2 heterocycles. The Morgan fingerprint density at radius 1 is 1.00 bits per heavy atom. The van der Waals surface area contributed by atoms with E-state index in [9.17, 15) is 0 Å². The lowest BCUT2D eigenvalue weighted by Crippen LogP contribution is -2.49. The average molecular weight is 278 g/mol. The Morgan fingerprint density at radius 3 is 2.30 bits per heavy atom. The molecule has 0 aromatic carbocycles. The molecule has 3 aliphatic rings. The maximum Gasteiger partial charge on any atom is 0.0122 e. The Morgan fingerprint density at radius 2 is 1.70 bits per heavy atom. The van der Waals surface area contributed by atoms with Gasteiger partial charge in [-0.2, -0.15) is 0 Å². The third-order valence-corrected chi connectivity index (χ3v) is 6.88. The predicted molar refractivity (Wildman–Crippen MR) is 85.9 cm³/mol. The van der Waals surface area contributed by atoms with Crippen molar-refractivity contribution in [1.29, 1.82) is 0 Å². The molecule has 2 heteroatoms. The third kappa shape index (κ3) is 2.78. The number of nitrogens with zero attached hydrogens (tertiary/aromatic N) is 1. The zero-order valence-corrected chi connectivity index (χ0v) is 13.8. The van der Waals surface area contributed by atoms with Crippen molar-refractivity contribution in [2.75, 3.05) is 14.1 Å². The molecule has 0 amide bonds. The van der Waals surface area contributed by atoms with Crippen LogP contribution in [0.25, 0.3) is 0 Å². The molecule has 2 saturated heterocycles. The number of nitrogens with one attached hydrogen (secondary N) is 1. The van der Waals surface area contributed by atoms with E-state index in [2.05, 4.69) is 31.2 Å². The van der Waals surface area contributed by atoms with Gasteiger partial charge in [0, 0.05) is 18.1 Å². The van der Waals surface area contributed by atoms with E-state index in [1.165, 1.54) is 57.8 Å². The van der Waals surface area contributed by atoms with Gasteiger partial charge in [-0.1, -0.05) is 26.2 Å². The van der Waals surface area contributed by atoms with Gasteiger partial charge in [0.05, 0.1) is 0 Å². The molecule has 1 saturated carbocycles. The van der Waals surface area contributed by atoms with Crippen LogP contribution in [0, 0.1) is 17.8 Å². The minimum Gasteiger partial charge on any atom is -0.316 e. The monoisotopic (exact) mass is 278 g/mol. The van der Waals surface area contributed by atoms with Gasteiger partial charge in [-0.05, 0) is 70.4 Å². The molecule has 2 nitrogen and oxygen atoms in total. The van der Waals surface area contributed by atoms with Crippen molar-refractivity contribution < 1.29 is 0 Å². The van der Waals surface area contributed by atoms with Crippen LogP contribution in [0.3, 0.4) is 0 Å². The summed E-state index contributed by atoms with van der Waals surface area (Å²) >= 11 is 0. The molecule has 20 heavy (non-hydrogen) atoms. The van der Waals surface area contributed by atoms with Crippen molar-refractivity contribution in [2.24, 2.45) is 17.8 Å². The molecule has 5 atom stereocenters. The summed E-state index contributed by atoms with van der Waals surface area (Å²) < 4.78 is 0. The van der Waals surface area contributed by atoms with Crippen LogP contribution in [0.1, 0.15) is 64.7 Å². The fraction of sp³-hybridized carbons (Fsp3) is 1.00. The molecule has 116 valence electrons. The normalized spacial score (nSPS) is 43.6. The quantitative estimate of drug-likeness (QED) is 0.844. The largest absolute Gasteiger partial charge is 0.316 e. The Balaban J connectivity index is 1.64. The highest BCUT2D eigenvalue weighted by molar-refractivity contribution is 4.98. The van der Waals surface area contributed by atoms with E-state index in [-0.39, 0.29) is 0 Å². The third-order valence-electron chi connectivity index (χ3n) is 6.88. The summed E-state index contributed by atoms with van der Waals surface area (Å²) in [6.07, 6.45) is 13.1.